The highest BCUT2D eigenvalue weighted by Crippen LogP contribution is 1.95. The third-order valence-corrected chi connectivity index (χ3v) is 1.69. The fourth-order valence-corrected chi connectivity index (χ4v) is 1.20. The molecule has 0 rings (SSSR count). The van der Waals surface area contributed by atoms with Gasteiger partial charge in [0.1, 0.15) is 12.6 Å². The molecule has 0 saturated heterocycles. The summed E-state index contributed by atoms with van der Waals surface area (Å²) in [6.07, 6.45) is -0.456. The van der Waals surface area contributed by atoms with Crippen LogP contribution in [-0.4, -0.2) is 69.0 Å². The van der Waals surface area contributed by atoms with Crippen LogP contribution in [0.5, 0.6) is 0 Å². The van der Waals surface area contributed by atoms with E-state index in [1.807, 2.05) is 21.1 Å². The Balaban J connectivity index is 3.39. The number of rotatable bonds is 7. The molecule has 5 heteroatoms. The first-order valence-electron chi connectivity index (χ1n) is 5.12. The molecule has 0 aromatic heterocycles. The number of quaternary nitrogens is 1. The Hall–Kier alpha value is -0.650. The number of carbonyl (C=O) groups is 1. The van der Waals surface area contributed by atoms with Crippen LogP contribution >= 0.6 is 0 Å². The predicted molar refractivity (Wildman–Crippen MR) is 58.4 cm³/mol. The van der Waals surface area contributed by atoms with Crippen molar-refractivity contribution >= 4 is 5.91 Å². The maximum absolute atomic E-state index is 10.5. The lowest BCUT2D eigenvalue weighted by molar-refractivity contribution is -0.873. The molecule has 1 amide bonds. The fraction of sp³-hybridized carbons (Fsp3) is 0.900. The maximum Gasteiger partial charge on any atom is 0.216 e. The van der Waals surface area contributed by atoms with Crippen LogP contribution < -0.4 is 5.32 Å². The van der Waals surface area contributed by atoms with E-state index in [1.54, 1.807) is 0 Å². The molecule has 0 aliphatic heterocycles. The first-order chi connectivity index (χ1) is 6.81. The summed E-state index contributed by atoms with van der Waals surface area (Å²) < 4.78 is 5.92. The number of ether oxygens (including phenoxy) is 1. The van der Waals surface area contributed by atoms with E-state index in [2.05, 4.69) is 5.32 Å². The molecule has 0 radical (unpaired) electrons. The van der Waals surface area contributed by atoms with Gasteiger partial charge in [0.2, 0.25) is 5.91 Å². The molecule has 1 unspecified atom stereocenters. The second-order valence-electron chi connectivity index (χ2n) is 4.68. The summed E-state index contributed by atoms with van der Waals surface area (Å²) in [5.74, 6) is -0.0643. The topological polar surface area (TPSA) is 58.6 Å². The lowest BCUT2D eigenvalue weighted by Crippen LogP contribution is -2.43. The van der Waals surface area contributed by atoms with Crippen molar-refractivity contribution in [2.24, 2.45) is 0 Å². The molecule has 0 aromatic carbocycles. The summed E-state index contributed by atoms with van der Waals surface area (Å²) in [7, 11) is 6.04. The smallest absolute Gasteiger partial charge is 0.216 e. The van der Waals surface area contributed by atoms with E-state index in [-0.39, 0.29) is 5.91 Å². The Morgan fingerprint density at radius 2 is 2.07 bits per heavy atom. The molecule has 90 valence electrons. The van der Waals surface area contributed by atoms with Crippen molar-refractivity contribution in [2.45, 2.75) is 13.0 Å². The first kappa shape index (κ1) is 14.3. The average molecular weight is 219 g/mol. The van der Waals surface area contributed by atoms with Gasteiger partial charge in [0.05, 0.1) is 34.4 Å². The molecule has 2 N–H and O–H groups in total. The minimum absolute atomic E-state index is 0.0643. The zero-order valence-corrected chi connectivity index (χ0v) is 10.1. The van der Waals surface area contributed by atoms with Gasteiger partial charge in [-0.15, -0.1) is 0 Å². The van der Waals surface area contributed by atoms with Crippen LogP contribution in [0.15, 0.2) is 0 Å². The minimum atomic E-state index is -0.456. The van der Waals surface area contributed by atoms with Crippen molar-refractivity contribution in [1.29, 1.82) is 0 Å². The van der Waals surface area contributed by atoms with Crippen molar-refractivity contribution in [2.75, 3.05) is 47.4 Å². The maximum atomic E-state index is 10.5. The summed E-state index contributed by atoms with van der Waals surface area (Å²) in [5.41, 5.74) is 0. The van der Waals surface area contributed by atoms with Gasteiger partial charge < -0.3 is 19.6 Å². The molecular formula is C10H23N2O3+. The van der Waals surface area contributed by atoms with Crippen LogP contribution in [0.2, 0.25) is 0 Å². The molecule has 0 aromatic rings. The predicted octanol–water partition coefficient (Wildman–Crippen LogP) is -0.794. The second-order valence-corrected chi connectivity index (χ2v) is 4.68. The van der Waals surface area contributed by atoms with Gasteiger partial charge in [-0.1, -0.05) is 0 Å². The van der Waals surface area contributed by atoms with E-state index >= 15 is 0 Å². The largest absolute Gasteiger partial charge is 0.385 e. The van der Waals surface area contributed by atoms with Crippen LogP contribution in [0.1, 0.15) is 6.92 Å². The zero-order valence-electron chi connectivity index (χ0n) is 10.1. The number of nitrogens with one attached hydrogen (secondary N) is 1. The van der Waals surface area contributed by atoms with Gasteiger partial charge in [-0.2, -0.15) is 0 Å². The Labute approximate surface area is 91.6 Å². The number of hydrogen-bond donors (Lipinski definition) is 2. The number of aliphatic hydroxyl groups excluding tert-OH is 1. The van der Waals surface area contributed by atoms with E-state index < -0.39 is 6.10 Å². The number of carbonyl (C=O) groups excluding carboxylic acids is 1. The van der Waals surface area contributed by atoms with Crippen molar-refractivity contribution in [3.8, 4) is 0 Å². The molecule has 0 bridgehead atoms. The number of amides is 1. The molecule has 15 heavy (non-hydrogen) atoms. The molecule has 1 atom stereocenters. The van der Waals surface area contributed by atoms with Gasteiger partial charge in [0.25, 0.3) is 0 Å². The van der Waals surface area contributed by atoms with Gasteiger partial charge in [-0.25, -0.2) is 0 Å². The SMILES string of the molecule is CC(=O)NCCOCC(O)C[N+](C)(C)C. The Morgan fingerprint density at radius 3 is 2.53 bits per heavy atom. The summed E-state index contributed by atoms with van der Waals surface area (Å²) in [6, 6.07) is 0. The van der Waals surface area contributed by atoms with E-state index in [1.165, 1.54) is 6.92 Å². The van der Waals surface area contributed by atoms with E-state index in [0.717, 1.165) is 0 Å². The minimum Gasteiger partial charge on any atom is -0.385 e. The zero-order chi connectivity index (χ0) is 11.9. The van der Waals surface area contributed by atoms with Crippen molar-refractivity contribution in [3.63, 3.8) is 0 Å². The molecule has 0 aliphatic carbocycles. The standard InChI is InChI=1S/C10H22N2O3/c1-9(13)11-5-6-15-8-10(14)7-12(2,3)4/h10,14H,5-8H2,1-4H3/p+1. The third kappa shape index (κ3) is 11.3. The van der Waals surface area contributed by atoms with E-state index in [0.29, 0.717) is 30.8 Å². The molecule has 5 nitrogen and oxygen atoms in total. The average Bonchev–Trinajstić information content (AvgIpc) is 1.99. The highest BCUT2D eigenvalue weighted by atomic mass is 16.5. The van der Waals surface area contributed by atoms with Gasteiger partial charge in [-0.3, -0.25) is 4.79 Å². The van der Waals surface area contributed by atoms with Gasteiger partial charge >= 0.3 is 0 Å². The number of nitrogens with zero attached hydrogens (tertiary/aromatic N) is 1. The first-order valence-corrected chi connectivity index (χ1v) is 5.12. The Kier molecular flexibility index (Phi) is 6.47. The van der Waals surface area contributed by atoms with Crippen LogP contribution in [-0.2, 0) is 9.53 Å². The van der Waals surface area contributed by atoms with Crippen molar-refractivity contribution in [3.05, 3.63) is 0 Å². The molecular weight excluding hydrogens is 196 g/mol. The van der Waals surface area contributed by atoms with Gasteiger partial charge in [0, 0.05) is 13.5 Å². The van der Waals surface area contributed by atoms with Gasteiger partial charge in [-0.05, 0) is 0 Å². The van der Waals surface area contributed by atoms with E-state index in [4.69, 9.17) is 4.74 Å². The quantitative estimate of drug-likeness (QED) is 0.435. The molecule has 0 fully saturated rings. The normalized spacial score (nSPS) is 13.7. The summed E-state index contributed by atoms with van der Waals surface area (Å²) in [5, 5.41) is 12.2. The van der Waals surface area contributed by atoms with E-state index in [9.17, 15) is 9.90 Å². The highest BCUT2D eigenvalue weighted by Gasteiger charge is 2.14. The molecule has 0 spiro atoms. The Bertz CT molecular complexity index is 190. The summed E-state index contributed by atoms with van der Waals surface area (Å²) in [4.78, 5) is 10.5. The molecule has 0 aliphatic rings. The summed E-state index contributed by atoms with van der Waals surface area (Å²) in [6.45, 7) is 3.36. The number of hydrogen-bond acceptors (Lipinski definition) is 3. The van der Waals surface area contributed by atoms with Crippen molar-refractivity contribution in [1.82, 2.24) is 5.32 Å². The number of aliphatic hydroxyl groups is 1. The lowest BCUT2D eigenvalue weighted by atomic mass is 10.3. The number of likely N-dealkylation sites (N-methyl/N-ethyl adjacent to an activating group) is 1. The lowest BCUT2D eigenvalue weighted by Gasteiger charge is -2.26. The van der Waals surface area contributed by atoms with Crippen LogP contribution in [0.25, 0.3) is 0 Å². The Morgan fingerprint density at radius 1 is 1.47 bits per heavy atom. The second kappa shape index (κ2) is 6.76. The van der Waals surface area contributed by atoms with Crippen LogP contribution in [0, 0.1) is 0 Å². The monoisotopic (exact) mass is 219 g/mol. The van der Waals surface area contributed by atoms with Gasteiger partial charge in [0.15, 0.2) is 0 Å². The fourth-order valence-electron chi connectivity index (χ4n) is 1.20. The molecule has 0 saturated carbocycles. The van der Waals surface area contributed by atoms with Crippen LogP contribution in [0.3, 0.4) is 0 Å². The van der Waals surface area contributed by atoms with Crippen molar-refractivity contribution < 1.29 is 19.1 Å². The summed E-state index contributed by atoms with van der Waals surface area (Å²) >= 11 is 0. The highest BCUT2D eigenvalue weighted by molar-refractivity contribution is 5.72. The van der Waals surface area contributed by atoms with Crippen LogP contribution in [0.4, 0.5) is 0 Å². The molecule has 0 heterocycles. The third-order valence-electron chi connectivity index (χ3n) is 1.69.